The molecule has 0 amide bonds. The highest BCUT2D eigenvalue weighted by Crippen LogP contribution is 2.39. The molecule has 0 aliphatic carbocycles. The molecule has 0 bridgehead atoms. The summed E-state index contributed by atoms with van der Waals surface area (Å²) in [6, 6.07) is 81.3. The Hall–Kier alpha value is -6.94. The number of hydrogen-bond donors (Lipinski definition) is 0. The Morgan fingerprint density at radius 3 is 1.16 bits per heavy atom. The van der Waals surface area contributed by atoms with E-state index in [4.69, 9.17) is 0 Å². The molecule has 9 rings (SSSR count). The lowest BCUT2D eigenvalue weighted by atomic mass is 9.99. The van der Waals surface area contributed by atoms with E-state index in [0.717, 1.165) is 34.1 Å². The fourth-order valence-electron chi connectivity index (χ4n) is 7.81. The maximum absolute atomic E-state index is 2.40. The van der Waals surface area contributed by atoms with E-state index in [1.165, 1.54) is 49.3 Å². The second-order valence-corrected chi connectivity index (χ2v) is 21.0. The van der Waals surface area contributed by atoms with Crippen LogP contribution in [0.2, 0.25) is 19.6 Å². The predicted molar refractivity (Wildman–Crippen MR) is 253 cm³/mol. The number of benzene rings is 9. The highest BCUT2D eigenvalue weighted by molar-refractivity contribution is 6.88. The number of hydrogen-bond acceptors (Lipinski definition) is 2. The van der Waals surface area contributed by atoms with Crippen LogP contribution in [-0.2, 0) is 0 Å². The van der Waals surface area contributed by atoms with E-state index in [2.05, 4.69) is 254 Å². The largest absolute Gasteiger partial charge is 0.310 e. The van der Waals surface area contributed by atoms with Crippen molar-refractivity contribution >= 4 is 58.2 Å². The van der Waals surface area contributed by atoms with Gasteiger partial charge in [0.25, 0.3) is 0 Å². The van der Waals surface area contributed by atoms with E-state index in [-0.39, 0.29) is 0 Å². The summed E-state index contributed by atoms with van der Waals surface area (Å²) < 4.78 is 0. The molecule has 3 heteroatoms. The van der Waals surface area contributed by atoms with Gasteiger partial charge >= 0.3 is 0 Å². The van der Waals surface area contributed by atoms with Gasteiger partial charge in [0, 0.05) is 34.1 Å². The quantitative estimate of drug-likeness (QED) is 0.128. The fraction of sp³-hybridized carbons (Fsp3) is 0.0545. The highest BCUT2D eigenvalue weighted by Gasteiger charge is 2.19. The van der Waals surface area contributed by atoms with Gasteiger partial charge in [0.1, 0.15) is 0 Å². The monoisotopic (exact) mass is 762 g/mol. The van der Waals surface area contributed by atoms with E-state index in [1.54, 1.807) is 0 Å². The number of para-hydroxylation sites is 1. The first-order valence-electron chi connectivity index (χ1n) is 20.1. The number of nitrogens with zero attached hydrogens (tertiary/aromatic N) is 2. The van der Waals surface area contributed by atoms with E-state index in [1.807, 2.05) is 0 Å². The Kier molecular flexibility index (Phi) is 10.1. The normalized spacial score (nSPS) is 11.4. The molecule has 0 saturated carbocycles. The summed E-state index contributed by atoms with van der Waals surface area (Å²) in [7, 11) is -1.42. The molecule has 0 N–H and O–H groups in total. The Labute approximate surface area is 344 Å². The van der Waals surface area contributed by atoms with Gasteiger partial charge < -0.3 is 9.80 Å². The fourth-order valence-corrected chi connectivity index (χ4v) is 8.98. The van der Waals surface area contributed by atoms with Crippen molar-refractivity contribution in [3.63, 3.8) is 0 Å². The van der Waals surface area contributed by atoms with Crippen LogP contribution in [0, 0.1) is 0 Å². The van der Waals surface area contributed by atoms with Crippen LogP contribution >= 0.6 is 0 Å². The summed E-state index contributed by atoms with van der Waals surface area (Å²) in [5.74, 6) is 0. The second-order valence-electron chi connectivity index (χ2n) is 15.9. The highest BCUT2D eigenvalue weighted by atomic mass is 28.3. The lowest BCUT2D eigenvalue weighted by molar-refractivity contribution is 1.28. The minimum atomic E-state index is -1.42. The van der Waals surface area contributed by atoms with Gasteiger partial charge in [0.05, 0.1) is 8.07 Å². The summed E-state index contributed by atoms with van der Waals surface area (Å²) in [4.78, 5) is 4.70. The van der Waals surface area contributed by atoms with Crippen LogP contribution in [0.5, 0.6) is 0 Å². The van der Waals surface area contributed by atoms with E-state index < -0.39 is 8.07 Å². The average Bonchev–Trinajstić information content (AvgIpc) is 3.28. The smallest absolute Gasteiger partial charge is 0.0775 e. The molecule has 0 heterocycles. The first-order chi connectivity index (χ1) is 28.4. The van der Waals surface area contributed by atoms with Crippen molar-refractivity contribution < 1.29 is 0 Å². The van der Waals surface area contributed by atoms with Gasteiger partial charge in [0.15, 0.2) is 0 Å². The van der Waals surface area contributed by atoms with E-state index in [0.29, 0.717) is 0 Å². The zero-order valence-electron chi connectivity index (χ0n) is 33.3. The molecule has 0 fully saturated rings. The topological polar surface area (TPSA) is 6.48 Å². The van der Waals surface area contributed by atoms with Crippen LogP contribution in [0.25, 0.3) is 44.2 Å². The first-order valence-corrected chi connectivity index (χ1v) is 23.6. The molecule has 0 aromatic heterocycles. The lowest BCUT2D eigenvalue weighted by Gasteiger charge is -2.27. The molecule has 2 nitrogen and oxygen atoms in total. The van der Waals surface area contributed by atoms with Crippen LogP contribution < -0.4 is 15.0 Å². The third-order valence-electron chi connectivity index (χ3n) is 11.0. The van der Waals surface area contributed by atoms with Gasteiger partial charge in [-0.3, -0.25) is 0 Å². The van der Waals surface area contributed by atoms with E-state index >= 15 is 0 Å². The van der Waals surface area contributed by atoms with Gasteiger partial charge in [-0.2, -0.15) is 0 Å². The van der Waals surface area contributed by atoms with Crippen molar-refractivity contribution in [3.05, 3.63) is 224 Å². The van der Waals surface area contributed by atoms with Gasteiger partial charge in [-0.25, -0.2) is 0 Å². The number of fused-ring (bicyclic) bond motifs is 1. The maximum Gasteiger partial charge on any atom is 0.0775 e. The van der Waals surface area contributed by atoms with Crippen LogP contribution in [0.4, 0.5) is 34.1 Å². The molecule has 58 heavy (non-hydrogen) atoms. The molecule has 0 aliphatic heterocycles. The summed E-state index contributed by atoms with van der Waals surface area (Å²) in [5.41, 5.74) is 13.9. The van der Waals surface area contributed by atoms with Crippen molar-refractivity contribution in [2.75, 3.05) is 9.80 Å². The molecular weight excluding hydrogens is 717 g/mol. The van der Waals surface area contributed by atoms with Gasteiger partial charge in [-0.1, -0.05) is 176 Å². The Bertz CT molecular complexity index is 2770. The molecule has 9 aromatic rings. The molecule has 0 unspecified atom stereocenters. The number of anilines is 6. The van der Waals surface area contributed by atoms with Crippen LogP contribution in [0.15, 0.2) is 224 Å². The summed E-state index contributed by atoms with van der Waals surface area (Å²) in [6.45, 7) is 7.20. The third kappa shape index (κ3) is 7.73. The molecule has 9 aromatic carbocycles. The first kappa shape index (κ1) is 36.7. The van der Waals surface area contributed by atoms with Crippen LogP contribution in [-0.4, -0.2) is 8.07 Å². The Balaban J connectivity index is 0.979. The van der Waals surface area contributed by atoms with Crippen molar-refractivity contribution in [2.45, 2.75) is 19.6 Å². The van der Waals surface area contributed by atoms with Crippen molar-refractivity contribution in [3.8, 4) is 33.4 Å². The molecule has 0 atom stereocenters. The molecule has 0 saturated heterocycles. The summed E-state index contributed by atoms with van der Waals surface area (Å²) in [5, 5.41) is 3.94. The third-order valence-corrected chi connectivity index (χ3v) is 13.1. The SMILES string of the molecule is C[Si](C)(C)c1ccc(N(c2ccc(-c3ccc(-c4ccc(N(c5ccccc5)c5cccc(-c6ccccc6)c5)cc4)cc3)cc2)c2ccc3ccccc3c2)cc1. The van der Waals surface area contributed by atoms with Gasteiger partial charge in [0.2, 0.25) is 0 Å². The van der Waals surface area contributed by atoms with Gasteiger partial charge in [-0.05, 0) is 117 Å². The van der Waals surface area contributed by atoms with Crippen molar-refractivity contribution in [1.29, 1.82) is 0 Å². The van der Waals surface area contributed by atoms with Gasteiger partial charge in [-0.15, -0.1) is 0 Å². The minimum Gasteiger partial charge on any atom is -0.310 e. The van der Waals surface area contributed by atoms with E-state index in [9.17, 15) is 0 Å². The average molecular weight is 763 g/mol. The molecular formula is C55H46N2Si. The summed E-state index contributed by atoms with van der Waals surface area (Å²) in [6.07, 6.45) is 0. The summed E-state index contributed by atoms with van der Waals surface area (Å²) >= 11 is 0. The lowest BCUT2D eigenvalue weighted by Crippen LogP contribution is -2.37. The second kappa shape index (κ2) is 15.9. The standard InChI is InChI=1S/C55H46N2Si/c1-58(2,3)55-37-35-52(36-38-55)57(54-34-29-42-15-10-11-16-47(42)40-54)51-32-27-46(28-33-51)44-23-21-43(22-24-44)45-25-30-50(31-26-45)56(49-18-8-5-9-19-49)53-20-12-17-48(39-53)41-13-6-4-7-14-41/h4-40H,1-3H3. The molecule has 0 spiro atoms. The Morgan fingerprint density at radius 2 is 0.621 bits per heavy atom. The predicted octanol–water partition coefficient (Wildman–Crippen LogP) is 15.3. The maximum atomic E-state index is 2.40. The zero-order chi connectivity index (χ0) is 39.5. The molecule has 0 radical (unpaired) electrons. The number of rotatable bonds is 10. The van der Waals surface area contributed by atoms with Crippen molar-refractivity contribution in [2.24, 2.45) is 0 Å². The zero-order valence-corrected chi connectivity index (χ0v) is 34.3. The van der Waals surface area contributed by atoms with Crippen LogP contribution in [0.1, 0.15) is 0 Å². The molecule has 0 aliphatic rings. The van der Waals surface area contributed by atoms with Crippen LogP contribution in [0.3, 0.4) is 0 Å². The Morgan fingerprint density at radius 1 is 0.259 bits per heavy atom. The van der Waals surface area contributed by atoms with Crippen molar-refractivity contribution in [1.82, 2.24) is 0 Å². The molecule has 280 valence electrons. The minimum absolute atomic E-state index is 1.11.